The van der Waals surface area contributed by atoms with Gasteiger partial charge in [-0.25, -0.2) is 0 Å². The molecule has 0 saturated carbocycles. The summed E-state index contributed by atoms with van der Waals surface area (Å²) < 4.78 is 65.7. The Morgan fingerprint density at radius 1 is 1.14 bits per heavy atom. The molecule has 0 atom stereocenters. The van der Waals surface area contributed by atoms with Crippen LogP contribution in [0.1, 0.15) is 0 Å². The molecule has 1 aromatic rings. The molecule has 0 aliphatic rings. The Morgan fingerprint density at radius 3 is 2.00 bits per heavy atom. The van der Waals surface area contributed by atoms with Gasteiger partial charge in [0.05, 0.1) is 0 Å². The van der Waals surface area contributed by atoms with E-state index < -0.39 is 54.5 Å². The smallest absolute Gasteiger partial charge is 1.00 e. The van der Waals surface area contributed by atoms with Crippen LogP contribution in [-0.2, 0) is 20.2 Å². The summed E-state index contributed by atoms with van der Waals surface area (Å²) in [6, 6.07) is 2.18. The standard InChI is InChI=1S/C8H10INO7S2.2Na/c10-4-9(5-11)7-3-6(18(12,13)14)1-2-8(7)19(15,16)17;;/h1-4,10-11H,5H2,(H,12,13,14)(H,15,16,17);;/q;2*+1/p-2. The Kier molecular flexibility index (Phi) is 11.3. The maximum atomic E-state index is 11.0. The van der Waals surface area contributed by atoms with Crippen LogP contribution in [0, 0.1) is 8.98 Å². The van der Waals surface area contributed by atoms with Crippen molar-refractivity contribution in [1.82, 2.24) is 0 Å². The minimum Gasteiger partial charge on any atom is 1.00 e. The third kappa shape index (κ3) is 6.81. The van der Waals surface area contributed by atoms with Crippen molar-refractivity contribution in [1.29, 1.82) is 5.41 Å². The Labute approximate surface area is 173 Å². The first-order chi connectivity index (χ1) is 8.61. The van der Waals surface area contributed by atoms with Crippen LogP contribution in [0.4, 0.5) is 0 Å². The molecule has 0 aliphatic heterocycles. The average molecular weight is 467 g/mol. The summed E-state index contributed by atoms with van der Waals surface area (Å²) >= 11 is -2.86. The van der Waals surface area contributed by atoms with E-state index in [-0.39, 0.29) is 62.7 Å². The Morgan fingerprint density at radius 2 is 1.67 bits per heavy atom. The number of benzene rings is 1. The molecule has 8 nitrogen and oxygen atoms in total. The number of alkyl halides is 1. The van der Waals surface area contributed by atoms with E-state index in [2.05, 4.69) is 0 Å². The summed E-state index contributed by atoms with van der Waals surface area (Å²) in [4.78, 5) is -1.41. The van der Waals surface area contributed by atoms with Crippen LogP contribution in [-0.4, -0.2) is 39.9 Å². The first kappa shape index (κ1) is 24.6. The molecule has 0 amide bonds. The Bertz CT molecular complexity index is 707. The number of halogens is 1. The van der Waals surface area contributed by atoms with Crippen LogP contribution in [0.25, 0.3) is 0 Å². The third-order valence-corrected chi connectivity index (χ3v) is 7.95. The van der Waals surface area contributed by atoms with Gasteiger partial charge in [0, 0.05) is 0 Å². The molecule has 1 rings (SSSR count). The van der Waals surface area contributed by atoms with E-state index in [4.69, 9.17) is 10.5 Å². The topological polar surface area (TPSA) is 158 Å². The molecule has 0 aromatic heterocycles. The van der Waals surface area contributed by atoms with E-state index in [1.165, 1.54) is 0 Å². The van der Waals surface area contributed by atoms with Gasteiger partial charge in [0.15, 0.2) is 0 Å². The molecule has 0 heterocycles. The second kappa shape index (κ2) is 9.64. The molecule has 0 unspecified atom stereocenters. The van der Waals surface area contributed by atoms with Crippen LogP contribution < -0.4 is 59.1 Å². The van der Waals surface area contributed by atoms with Crippen molar-refractivity contribution in [3.63, 3.8) is 0 Å². The van der Waals surface area contributed by atoms with Crippen molar-refractivity contribution >= 4 is 44.3 Å². The maximum absolute atomic E-state index is 11.0. The molecule has 13 heteroatoms. The second-order valence-electron chi connectivity index (χ2n) is 3.13. The van der Waals surface area contributed by atoms with Crippen molar-refractivity contribution in [2.75, 3.05) is 4.61 Å². The van der Waals surface area contributed by atoms with E-state index in [9.17, 15) is 25.9 Å². The van der Waals surface area contributed by atoms with Crippen molar-refractivity contribution in [3.8, 4) is 0 Å². The summed E-state index contributed by atoms with van der Waals surface area (Å²) in [5.41, 5.74) is 0. The molecule has 2 N–H and O–H groups in total. The summed E-state index contributed by atoms with van der Waals surface area (Å²) in [7, 11) is -9.70. The summed E-state index contributed by atoms with van der Waals surface area (Å²) in [6.45, 7) is 0. The Hall–Kier alpha value is 1.40. The van der Waals surface area contributed by atoms with Crippen molar-refractivity contribution in [3.05, 3.63) is 21.8 Å². The second-order valence-corrected chi connectivity index (χ2v) is 10.6. The van der Waals surface area contributed by atoms with E-state index >= 15 is 0 Å². The molecule has 1 aromatic carbocycles. The van der Waals surface area contributed by atoms with Crippen molar-refractivity contribution in [2.45, 2.75) is 9.79 Å². The zero-order valence-corrected chi connectivity index (χ0v) is 18.9. The first-order valence-electron chi connectivity index (χ1n) is 4.43. The average Bonchev–Trinajstić information content (AvgIpc) is 2.28. The van der Waals surface area contributed by atoms with Gasteiger partial charge in [0.1, 0.15) is 0 Å². The molecule has 0 aliphatic carbocycles. The monoisotopic (exact) mass is 467 g/mol. The normalized spacial score (nSPS) is 11.9. The zero-order chi connectivity index (χ0) is 14.8. The van der Waals surface area contributed by atoms with Gasteiger partial charge >= 0.3 is 176 Å². The minimum atomic E-state index is -4.88. The van der Waals surface area contributed by atoms with Gasteiger partial charge < -0.3 is 0 Å². The summed E-state index contributed by atoms with van der Waals surface area (Å²) in [5, 5.41) is 16.1. The third-order valence-electron chi connectivity index (χ3n) is 1.98. The number of aliphatic hydroxyl groups is 1. The van der Waals surface area contributed by atoms with E-state index in [0.29, 0.717) is 12.1 Å². The molecule has 0 radical (unpaired) electrons. The number of aliphatic hydroxyl groups excluding tert-OH is 1. The first-order valence-corrected chi connectivity index (χ1v) is 11.1. The SMILES string of the molecule is N=CI(CO)c1cc(S(=O)(=O)[O-])ccc1S(=O)(=O)[O-].[Na+].[Na+]. The molecule has 0 fully saturated rings. The number of hydrogen-bond donors (Lipinski definition) is 2. The van der Waals surface area contributed by atoms with Gasteiger partial charge in [-0.3, -0.25) is 0 Å². The van der Waals surface area contributed by atoms with E-state index in [1.54, 1.807) is 0 Å². The van der Waals surface area contributed by atoms with Gasteiger partial charge in [-0.2, -0.15) is 0 Å². The van der Waals surface area contributed by atoms with Gasteiger partial charge in [-0.05, 0) is 0 Å². The number of rotatable bonds is 5. The fourth-order valence-corrected chi connectivity index (χ4v) is 6.40. The summed E-state index contributed by atoms with van der Waals surface area (Å²) in [6.07, 6.45) is 0. The maximum Gasteiger partial charge on any atom is 1.00 e. The largest absolute Gasteiger partial charge is 1.00 e. The molecule has 21 heavy (non-hydrogen) atoms. The molecule has 108 valence electrons. The van der Waals surface area contributed by atoms with Gasteiger partial charge in [0.2, 0.25) is 0 Å². The van der Waals surface area contributed by atoms with Crippen LogP contribution in [0.15, 0.2) is 28.0 Å². The van der Waals surface area contributed by atoms with Crippen LogP contribution in [0.3, 0.4) is 0 Å². The minimum absolute atomic E-state index is 0. The van der Waals surface area contributed by atoms with Crippen molar-refractivity contribution < 1.29 is 90.2 Å². The predicted octanol–water partition coefficient (Wildman–Crippen LogP) is -6.26. The van der Waals surface area contributed by atoms with Crippen LogP contribution >= 0.6 is 19.8 Å². The molecule has 0 saturated heterocycles. The van der Waals surface area contributed by atoms with Gasteiger partial charge in [-0.15, -0.1) is 0 Å². The Balaban J connectivity index is 0. The van der Waals surface area contributed by atoms with Crippen LogP contribution in [0.2, 0.25) is 0 Å². The fraction of sp³-hybridized carbons (Fsp3) is 0.125. The zero-order valence-electron chi connectivity index (χ0n) is 11.1. The van der Waals surface area contributed by atoms with Crippen LogP contribution in [0.5, 0.6) is 0 Å². The molecule has 0 spiro atoms. The molecule has 0 bridgehead atoms. The number of hydrogen-bond acceptors (Lipinski definition) is 8. The van der Waals surface area contributed by atoms with E-state index in [1.807, 2.05) is 0 Å². The van der Waals surface area contributed by atoms with Gasteiger partial charge in [0.25, 0.3) is 0 Å². The fourth-order valence-electron chi connectivity index (χ4n) is 1.19. The molecular formula is C8H8INNa2O7S2. The van der Waals surface area contributed by atoms with Gasteiger partial charge in [-0.1, -0.05) is 0 Å². The molecular weight excluding hydrogens is 459 g/mol. The predicted molar refractivity (Wildman–Crippen MR) is 71.0 cm³/mol. The summed E-state index contributed by atoms with van der Waals surface area (Å²) in [5.74, 6) is 0. The van der Waals surface area contributed by atoms with E-state index in [0.717, 1.165) is 10.3 Å². The number of nitrogens with one attached hydrogen (secondary N) is 1. The quantitative estimate of drug-likeness (QED) is 0.143. The van der Waals surface area contributed by atoms with Crippen molar-refractivity contribution in [2.24, 2.45) is 0 Å².